The molecule has 3 nitrogen and oxygen atoms in total. The molecule has 0 amide bonds. The third-order valence-corrected chi connectivity index (χ3v) is 3.25. The van der Waals surface area contributed by atoms with Gasteiger partial charge >= 0.3 is 0 Å². The first-order valence-electron chi connectivity index (χ1n) is 6.34. The number of phenolic OH excluding ortho intramolecular Hbond substituents is 1. The second-order valence-corrected chi connectivity index (χ2v) is 4.40. The van der Waals surface area contributed by atoms with Gasteiger partial charge in [0.05, 0.1) is 6.10 Å². The molecule has 17 heavy (non-hydrogen) atoms. The molecular weight excluding hydrogens is 214 g/mol. The van der Waals surface area contributed by atoms with E-state index in [4.69, 9.17) is 0 Å². The molecule has 1 aromatic carbocycles. The van der Waals surface area contributed by atoms with Crippen LogP contribution in [-0.2, 0) is 6.54 Å². The van der Waals surface area contributed by atoms with E-state index in [1.165, 1.54) is 0 Å². The van der Waals surface area contributed by atoms with Crippen molar-refractivity contribution < 1.29 is 10.2 Å². The van der Waals surface area contributed by atoms with Gasteiger partial charge in [0.1, 0.15) is 5.75 Å². The summed E-state index contributed by atoms with van der Waals surface area (Å²) < 4.78 is 0. The van der Waals surface area contributed by atoms with E-state index in [1.807, 2.05) is 12.1 Å². The fourth-order valence-corrected chi connectivity index (χ4v) is 2.01. The second-order valence-electron chi connectivity index (χ2n) is 4.40. The zero-order valence-corrected chi connectivity index (χ0v) is 10.7. The number of aromatic hydroxyl groups is 1. The summed E-state index contributed by atoms with van der Waals surface area (Å²) in [5, 5.41) is 22.7. The second kappa shape index (κ2) is 7.30. The third-order valence-electron chi connectivity index (χ3n) is 3.25. The minimum Gasteiger partial charge on any atom is -0.508 e. The van der Waals surface area contributed by atoms with Gasteiger partial charge in [-0.2, -0.15) is 0 Å². The molecule has 0 bridgehead atoms. The van der Waals surface area contributed by atoms with Crippen molar-refractivity contribution in [3.8, 4) is 5.75 Å². The van der Waals surface area contributed by atoms with Crippen molar-refractivity contribution in [2.75, 3.05) is 6.54 Å². The van der Waals surface area contributed by atoms with Gasteiger partial charge < -0.3 is 15.5 Å². The lowest BCUT2D eigenvalue weighted by Gasteiger charge is -2.20. The van der Waals surface area contributed by atoms with Crippen molar-refractivity contribution in [2.45, 2.75) is 39.3 Å². The Kier molecular flexibility index (Phi) is 6.01. The topological polar surface area (TPSA) is 52.5 Å². The van der Waals surface area contributed by atoms with Crippen molar-refractivity contribution in [2.24, 2.45) is 5.92 Å². The molecule has 3 N–H and O–H groups in total. The Labute approximate surface area is 103 Å². The molecule has 0 spiro atoms. The van der Waals surface area contributed by atoms with Gasteiger partial charge in [-0.25, -0.2) is 0 Å². The van der Waals surface area contributed by atoms with Gasteiger partial charge in [0.25, 0.3) is 0 Å². The predicted molar refractivity (Wildman–Crippen MR) is 69.9 cm³/mol. The lowest BCUT2D eigenvalue weighted by molar-refractivity contribution is 0.101. The summed E-state index contributed by atoms with van der Waals surface area (Å²) in [6.45, 7) is 5.35. The number of aliphatic hydroxyl groups is 1. The van der Waals surface area contributed by atoms with Crippen LogP contribution in [0.5, 0.6) is 5.75 Å². The molecule has 0 saturated heterocycles. The first-order chi connectivity index (χ1) is 8.19. The maximum atomic E-state index is 9.93. The Morgan fingerprint density at radius 3 is 2.41 bits per heavy atom. The normalized spacial score (nSPS) is 12.9. The molecule has 0 saturated carbocycles. The summed E-state index contributed by atoms with van der Waals surface area (Å²) in [5.74, 6) is 0.656. The Balaban J connectivity index is 2.35. The highest BCUT2D eigenvalue weighted by atomic mass is 16.3. The molecule has 1 rings (SSSR count). The van der Waals surface area contributed by atoms with E-state index in [-0.39, 0.29) is 6.10 Å². The molecule has 0 heterocycles. The number of hydrogen-bond acceptors (Lipinski definition) is 3. The van der Waals surface area contributed by atoms with Crippen molar-refractivity contribution >= 4 is 0 Å². The van der Waals surface area contributed by atoms with Gasteiger partial charge in [-0.3, -0.25) is 0 Å². The number of nitrogens with one attached hydrogen (secondary N) is 1. The maximum absolute atomic E-state index is 9.93. The maximum Gasteiger partial charge on any atom is 0.120 e. The van der Waals surface area contributed by atoms with Crippen LogP contribution in [0.1, 0.15) is 32.3 Å². The molecule has 0 radical (unpaired) electrons. The number of hydrogen-bond donors (Lipinski definition) is 3. The highest BCUT2D eigenvalue weighted by molar-refractivity contribution is 5.31. The van der Waals surface area contributed by atoms with Gasteiger partial charge in [-0.05, 0) is 12.0 Å². The highest BCUT2D eigenvalue weighted by Gasteiger charge is 2.14. The monoisotopic (exact) mass is 237 g/mol. The predicted octanol–water partition coefficient (Wildman–Crippen LogP) is 2.28. The number of aliphatic hydroxyl groups excluding tert-OH is 1. The van der Waals surface area contributed by atoms with E-state index in [0.29, 0.717) is 24.8 Å². The van der Waals surface area contributed by atoms with Gasteiger partial charge in [-0.1, -0.05) is 44.9 Å². The fraction of sp³-hybridized carbons (Fsp3) is 0.571. The summed E-state index contributed by atoms with van der Waals surface area (Å²) in [6.07, 6.45) is 1.68. The summed E-state index contributed by atoms with van der Waals surface area (Å²) in [7, 11) is 0. The van der Waals surface area contributed by atoms with Crippen molar-refractivity contribution in [3.63, 3.8) is 0 Å². The van der Waals surface area contributed by atoms with Crippen LogP contribution in [0.25, 0.3) is 0 Å². The molecule has 0 aliphatic heterocycles. The highest BCUT2D eigenvalue weighted by Crippen LogP contribution is 2.16. The lowest BCUT2D eigenvalue weighted by atomic mass is 9.96. The van der Waals surface area contributed by atoms with Crippen LogP contribution < -0.4 is 5.32 Å². The van der Waals surface area contributed by atoms with Crippen LogP contribution in [0.2, 0.25) is 0 Å². The standard InChI is InChI=1S/C14H23NO2/c1-3-11(4-2)14(17)10-15-9-12-7-5-6-8-13(12)16/h5-8,11,14-17H,3-4,9-10H2,1-2H3. The number of phenols is 1. The minimum absolute atomic E-state index is 0.303. The van der Waals surface area contributed by atoms with Crippen LogP contribution in [0.3, 0.4) is 0 Å². The lowest BCUT2D eigenvalue weighted by Crippen LogP contribution is -2.32. The first-order valence-corrected chi connectivity index (χ1v) is 6.34. The molecule has 0 aliphatic carbocycles. The average molecular weight is 237 g/mol. The number of para-hydroxylation sites is 1. The number of rotatable bonds is 7. The molecule has 3 heteroatoms. The van der Waals surface area contributed by atoms with Crippen LogP contribution in [0.4, 0.5) is 0 Å². The zero-order chi connectivity index (χ0) is 12.7. The van der Waals surface area contributed by atoms with E-state index in [2.05, 4.69) is 19.2 Å². The van der Waals surface area contributed by atoms with E-state index in [0.717, 1.165) is 18.4 Å². The van der Waals surface area contributed by atoms with Crippen LogP contribution in [-0.4, -0.2) is 22.9 Å². The Hall–Kier alpha value is -1.06. The van der Waals surface area contributed by atoms with E-state index in [9.17, 15) is 10.2 Å². The van der Waals surface area contributed by atoms with E-state index < -0.39 is 0 Å². The Bertz CT molecular complexity index is 324. The molecule has 1 aromatic rings. The molecule has 1 unspecified atom stereocenters. The molecule has 1 atom stereocenters. The average Bonchev–Trinajstić information content (AvgIpc) is 2.33. The zero-order valence-electron chi connectivity index (χ0n) is 10.7. The van der Waals surface area contributed by atoms with Gasteiger partial charge in [0.2, 0.25) is 0 Å². The smallest absolute Gasteiger partial charge is 0.120 e. The minimum atomic E-state index is -0.309. The summed E-state index contributed by atoms with van der Waals surface area (Å²) in [5.41, 5.74) is 0.865. The van der Waals surface area contributed by atoms with Crippen molar-refractivity contribution in [1.29, 1.82) is 0 Å². The largest absolute Gasteiger partial charge is 0.508 e. The fourth-order valence-electron chi connectivity index (χ4n) is 2.01. The molecule has 96 valence electrons. The third kappa shape index (κ3) is 4.36. The Morgan fingerprint density at radius 1 is 1.18 bits per heavy atom. The van der Waals surface area contributed by atoms with Crippen LogP contribution >= 0.6 is 0 Å². The van der Waals surface area contributed by atoms with Crippen LogP contribution in [0.15, 0.2) is 24.3 Å². The van der Waals surface area contributed by atoms with Crippen LogP contribution in [0, 0.1) is 5.92 Å². The summed E-state index contributed by atoms with van der Waals surface area (Å²) >= 11 is 0. The van der Waals surface area contributed by atoms with E-state index >= 15 is 0 Å². The molecule has 0 aromatic heterocycles. The quantitative estimate of drug-likeness (QED) is 0.682. The van der Waals surface area contributed by atoms with E-state index in [1.54, 1.807) is 12.1 Å². The van der Waals surface area contributed by atoms with Crippen molar-refractivity contribution in [1.82, 2.24) is 5.32 Å². The molecule has 0 fully saturated rings. The van der Waals surface area contributed by atoms with Gasteiger partial charge in [0, 0.05) is 18.7 Å². The summed E-state index contributed by atoms with van der Waals surface area (Å²) in [4.78, 5) is 0. The number of benzene rings is 1. The molecule has 0 aliphatic rings. The molecular formula is C14H23NO2. The van der Waals surface area contributed by atoms with Gasteiger partial charge in [0.15, 0.2) is 0 Å². The Morgan fingerprint density at radius 2 is 1.82 bits per heavy atom. The SMILES string of the molecule is CCC(CC)C(O)CNCc1ccccc1O. The van der Waals surface area contributed by atoms with Gasteiger partial charge in [-0.15, -0.1) is 0 Å². The summed E-state index contributed by atoms with van der Waals surface area (Å²) in [6, 6.07) is 7.26. The first kappa shape index (κ1) is 14.0. The van der Waals surface area contributed by atoms with Crippen molar-refractivity contribution in [3.05, 3.63) is 29.8 Å².